The van der Waals surface area contributed by atoms with Gasteiger partial charge in [0.2, 0.25) is 0 Å². The van der Waals surface area contributed by atoms with Gasteiger partial charge in [-0.2, -0.15) is 0 Å². The van der Waals surface area contributed by atoms with Gasteiger partial charge in [-0.3, -0.25) is 0 Å². The van der Waals surface area contributed by atoms with Gasteiger partial charge in [0.1, 0.15) is 5.82 Å². The Balaban J connectivity index is 1.84. The smallest absolute Gasteiger partial charge is 0.139 e. The fourth-order valence-corrected chi connectivity index (χ4v) is 2.62. The third-order valence-electron chi connectivity index (χ3n) is 3.89. The molecule has 0 radical (unpaired) electrons. The summed E-state index contributed by atoms with van der Waals surface area (Å²) >= 11 is 0. The zero-order valence-electron chi connectivity index (χ0n) is 10.5. The molecule has 0 saturated heterocycles. The van der Waals surface area contributed by atoms with E-state index in [-0.39, 0.29) is 0 Å². The average molecular weight is 241 g/mol. The van der Waals surface area contributed by atoms with Crippen LogP contribution in [0.15, 0.2) is 42.7 Å². The summed E-state index contributed by atoms with van der Waals surface area (Å²) in [6.07, 6.45) is 7.70. The summed E-state index contributed by atoms with van der Waals surface area (Å²) < 4.78 is 2.28. The molecule has 1 heterocycles. The normalized spacial score (nSPS) is 16.7. The zero-order chi connectivity index (χ0) is 12.4. The molecule has 0 amide bonds. The lowest BCUT2D eigenvalue weighted by atomic mass is 10.0. The van der Waals surface area contributed by atoms with E-state index in [1.54, 1.807) is 0 Å². The van der Waals surface area contributed by atoms with E-state index in [4.69, 9.17) is 5.73 Å². The number of nitrogens with zero attached hydrogens (tertiary/aromatic N) is 2. The molecule has 0 atom stereocenters. The first-order chi connectivity index (χ1) is 8.83. The first-order valence-electron chi connectivity index (χ1n) is 6.60. The maximum atomic E-state index is 5.71. The van der Waals surface area contributed by atoms with Gasteiger partial charge in [-0.1, -0.05) is 30.3 Å². The highest BCUT2D eigenvalue weighted by Crippen LogP contribution is 2.50. The lowest BCUT2D eigenvalue weighted by molar-refractivity contribution is 0.400. The van der Waals surface area contributed by atoms with Gasteiger partial charge in [-0.05, 0) is 31.2 Å². The third kappa shape index (κ3) is 2.18. The SMILES string of the molecule is NCCC1(Cn2ccnc2-c2ccccc2)CC1. The second-order valence-electron chi connectivity index (χ2n) is 5.28. The second-order valence-corrected chi connectivity index (χ2v) is 5.28. The van der Waals surface area contributed by atoms with E-state index in [0.29, 0.717) is 5.41 Å². The van der Waals surface area contributed by atoms with Crippen LogP contribution in [-0.2, 0) is 6.54 Å². The summed E-state index contributed by atoms with van der Waals surface area (Å²) in [7, 11) is 0. The molecule has 3 nitrogen and oxygen atoms in total. The predicted molar refractivity (Wildman–Crippen MR) is 73.0 cm³/mol. The van der Waals surface area contributed by atoms with Crippen molar-refractivity contribution in [1.82, 2.24) is 9.55 Å². The zero-order valence-corrected chi connectivity index (χ0v) is 10.5. The van der Waals surface area contributed by atoms with Crippen LogP contribution in [0.25, 0.3) is 11.4 Å². The first kappa shape index (κ1) is 11.5. The molecular formula is C15H19N3. The number of benzene rings is 1. The Bertz CT molecular complexity index is 512. The maximum Gasteiger partial charge on any atom is 0.139 e. The summed E-state index contributed by atoms with van der Waals surface area (Å²) in [5, 5.41) is 0. The largest absolute Gasteiger partial charge is 0.330 e. The summed E-state index contributed by atoms with van der Waals surface area (Å²) in [4.78, 5) is 4.49. The highest BCUT2D eigenvalue weighted by molar-refractivity contribution is 5.55. The van der Waals surface area contributed by atoms with E-state index in [9.17, 15) is 0 Å². The molecule has 0 spiro atoms. The van der Waals surface area contributed by atoms with E-state index >= 15 is 0 Å². The fourth-order valence-electron chi connectivity index (χ4n) is 2.62. The molecule has 2 aromatic rings. The monoisotopic (exact) mass is 241 g/mol. The predicted octanol–water partition coefficient (Wildman–Crippen LogP) is 2.68. The van der Waals surface area contributed by atoms with Crippen molar-refractivity contribution in [3.63, 3.8) is 0 Å². The number of aromatic nitrogens is 2. The molecule has 3 rings (SSSR count). The van der Waals surface area contributed by atoms with E-state index in [2.05, 4.69) is 40.0 Å². The minimum Gasteiger partial charge on any atom is -0.330 e. The van der Waals surface area contributed by atoms with Crippen molar-refractivity contribution in [3.8, 4) is 11.4 Å². The standard InChI is InChI=1S/C15H19N3/c16-9-8-15(6-7-15)12-18-11-10-17-14(18)13-4-2-1-3-5-13/h1-5,10-11H,6-9,12,16H2. The van der Waals surface area contributed by atoms with E-state index < -0.39 is 0 Å². The van der Waals surface area contributed by atoms with Crippen molar-refractivity contribution in [2.24, 2.45) is 11.1 Å². The van der Waals surface area contributed by atoms with Crippen LogP contribution in [0.1, 0.15) is 19.3 Å². The van der Waals surface area contributed by atoms with Gasteiger partial charge < -0.3 is 10.3 Å². The van der Waals surface area contributed by atoms with Crippen LogP contribution in [0.4, 0.5) is 0 Å². The van der Waals surface area contributed by atoms with Crippen LogP contribution in [0.3, 0.4) is 0 Å². The van der Waals surface area contributed by atoms with E-state index in [0.717, 1.165) is 25.3 Å². The summed E-state index contributed by atoms with van der Waals surface area (Å²) in [6.45, 7) is 1.84. The minimum absolute atomic E-state index is 0.443. The number of hydrogen-bond donors (Lipinski definition) is 1. The minimum atomic E-state index is 0.443. The Morgan fingerprint density at radius 1 is 1.22 bits per heavy atom. The van der Waals surface area contributed by atoms with Crippen molar-refractivity contribution >= 4 is 0 Å². The molecule has 0 unspecified atom stereocenters. The number of imidazole rings is 1. The van der Waals surface area contributed by atoms with Crippen molar-refractivity contribution in [2.75, 3.05) is 6.54 Å². The molecule has 2 N–H and O–H groups in total. The lowest BCUT2D eigenvalue weighted by Crippen LogP contribution is -2.16. The molecule has 3 heteroatoms. The van der Waals surface area contributed by atoms with E-state index in [1.807, 2.05) is 12.3 Å². The van der Waals surface area contributed by atoms with Crippen molar-refractivity contribution in [1.29, 1.82) is 0 Å². The molecule has 18 heavy (non-hydrogen) atoms. The molecule has 1 aliphatic rings. The number of rotatable bonds is 5. The summed E-state index contributed by atoms with van der Waals surface area (Å²) in [5.41, 5.74) is 7.34. The highest BCUT2D eigenvalue weighted by atomic mass is 15.1. The van der Waals surface area contributed by atoms with Gasteiger partial charge >= 0.3 is 0 Å². The Kier molecular flexibility index (Phi) is 2.92. The molecule has 1 saturated carbocycles. The van der Waals surface area contributed by atoms with Crippen LogP contribution in [-0.4, -0.2) is 16.1 Å². The quantitative estimate of drug-likeness (QED) is 0.874. The molecular weight excluding hydrogens is 222 g/mol. The van der Waals surface area contributed by atoms with Crippen LogP contribution >= 0.6 is 0 Å². The highest BCUT2D eigenvalue weighted by Gasteiger charge is 2.42. The molecule has 1 aliphatic carbocycles. The van der Waals surface area contributed by atoms with Gasteiger partial charge in [0, 0.05) is 24.5 Å². The van der Waals surface area contributed by atoms with Crippen LogP contribution in [0.5, 0.6) is 0 Å². The maximum absolute atomic E-state index is 5.71. The van der Waals surface area contributed by atoms with E-state index in [1.165, 1.54) is 18.4 Å². The van der Waals surface area contributed by atoms with Crippen LogP contribution in [0.2, 0.25) is 0 Å². The average Bonchev–Trinajstić information content (AvgIpc) is 3.00. The van der Waals surface area contributed by atoms with Crippen molar-refractivity contribution in [2.45, 2.75) is 25.8 Å². The van der Waals surface area contributed by atoms with Crippen LogP contribution < -0.4 is 5.73 Å². The molecule has 1 aromatic heterocycles. The van der Waals surface area contributed by atoms with Crippen molar-refractivity contribution < 1.29 is 0 Å². The van der Waals surface area contributed by atoms with Gasteiger partial charge in [0.25, 0.3) is 0 Å². The molecule has 1 aromatic carbocycles. The molecule has 1 fully saturated rings. The number of nitrogens with two attached hydrogens (primary N) is 1. The van der Waals surface area contributed by atoms with Gasteiger partial charge in [0.05, 0.1) is 0 Å². The molecule has 94 valence electrons. The topological polar surface area (TPSA) is 43.8 Å². The lowest BCUT2D eigenvalue weighted by Gasteiger charge is -2.16. The van der Waals surface area contributed by atoms with Gasteiger partial charge in [0.15, 0.2) is 0 Å². The van der Waals surface area contributed by atoms with Crippen molar-refractivity contribution in [3.05, 3.63) is 42.7 Å². The Hall–Kier alpha value is -1.61. The van der Waals surface area contributed by atoms with Gasteiger partial charge in [-0.15, -0.1) is 0 Å². The van der Waals surface area contributed by atoms with Gasteiger partial charge in [-0.25, -0.2) is 4.98 Å². The molecule has 0 aliphatic heterocycles. The number of hydrogen-bond acceptors (Lipinski definition) is 2. The van der Waals surface area contributed by atoms with Crippen LogP contribution in [0, 0.1) is 5.41 Å². The third-order valence-corrected chi connectivity index (χ3v) is 3.89. The summed E-state index contributed by atoms with van der Waals surface area (Å²) in [6, 6.07) is 10.4. The Morgan fingerprint density at radius 2 is 2.00 bits per heavy atom. The first-order valence-corrected chi connectivity index (χ1v) is 6.60. The Labute approximate surface area is 108 Å². The Morgan fingerprint density at radius 3 is 2.67 bits per heavy atom. The molecule has 0 bridgehead atoms. The second kappa shape index (κ2) is 4.58. The fraction of sp³-hybridized carbons (Fsp3) is 0.400. The summed E-state index contributed by atoms with van der Waals surface area (Å²) in [5.74, 6) is 1.07.